The summed E-state index contributed by atoms with van der Waals surface area (Å²) in [6.07, 6.45) is 16.1. The van der Waals surface area contributed by atoms with E-state index in [9.17, 15) is 9.59 Å². The van der Waals surface area contributed by atoms with Crippen LogP contribution < -0.4 is 10.6 Å². The molecule has 1 aromatic heterocycles. The first-order chi connectivity index (χ1) is 15.0. The van der Waals surface area contributed by atoms with E-state index in [0.717, 1.165) is 29.0 Å². The van der Waals surface area contributed by atoms with E-state index in [2.05, 4.69) is 21.7 Å². The number of hydrogen-bond acceptors (Lipinski definition) is 5. The molecule has 0 unspecified atom stereocenters. The van der Waals surface area contributed by atoms with Crippen molar-refractivity contribution in [2.24, 2.45) is 0 Å². The lowest BCUT2D eigenvalue weighted by Crippen LogP contribution is -2.27. The van der Waals surface area contributed by atoms with Gasteiger partial charge in [0.2, 0.25) is 11.8 Å². The second-order valence-corrected chi connectivity index (χ2v) is 7.36. The van der Waals surface area contributed by atoms with Gasteiger partial charge in [-0.3, -0.25) is 9.59 Å². The Balaban J connectivity index is 1.62. The molecule has 0 spiro atoms. The SMILES string of the molecule is C/C=C(\CN(C)C(=O)/C=C/c1cnc2c(c1)NCCC(=O)N2)OC1=C(C)C=CCC=C1. The molecule has 2 aliphatic rings. The quantitative estimate of drug-likeness (QED) is 0.537. The van der Waals surface area contributed by atoms with E-state index in [1.807, 2.05) is 44.2 Å². The molecule has 31 heavy (non-hydrogen) atoms. The van der Waals surface area contributed by atoms with Crippen LogP contribution in [-0.4, -0.2) is 41.8 Å². The van der Waals surface area contributed by atoms with Crippen molar-refractivity contribution in [2.75, 3.05) is 30.8 Å². The van der Waals surface area contributed by atoms with Crippen molar-refractivity contribution in [1.29, 1.82) is 0 Å². The Morgan fingerprint density at radius 1 is 1.32 bits per heavy atom. The van der Waals surface area contributed by atoms with Crippen molar-refractivity contribution in [2.45, 2.75) is 26.7 Å². The maximum Gasteiger partial charge on any atom is 0.246 e. The number of amides is 2. The lowest BCUT2D eigenvalue weighted by molar-refractivity contribution is -0.124. The van der Waals surface area contributed by atoms with E-state index >= 15 is 0 Å². The summed E-state index contributed by atoms with van der Waals surface area (Å²) < 4.78 is 6.03. The first-order valence-corrected chi connectivity index (χ1v) is 10.3. The number of likely N-dealkylation sites (N-methyl/N-ethyl adjacent to an activating group) is 1. The predicted molar refractivity (Wildman–Crippen MR) is 123 cm³/mol. The molecular weight excluding hydrogens is 392 g/mol. The maximum atomic E-state index is 12.6. The van der Waals surface area contributed by atoms with Crippen molar-refractivity contribution in [3.05, 3.63) is 71.4 Å². The third-order valence-electron chi connectivity index (χ3n) is 4.88. The van der Waals surface area contributed by atoms with Crippen LogP contribution in [0.1, 0.15) is 32.3 Å². The zero-order valence-corrected chi connectivity index (χ0v) is 18.1. The van der Waals surface area contributed by atoms with Gasteiger partial charge in [0, 0.05) is 32.3 Å². The molecule has 0 bridgehead atoms. The fourth-order valence-corrected chi connectivity index (χ4v) is 3.07. The Hall–Kier alpha value is -3.61. The minimum absolute atomic E-state index is 0.0674. The van der Waals surface area contributed by atoms with Crippen molar-refractivity contribution < 1.29 is 14.3 Å². The number of pyridine rings is 1. The van der Waals surface area contributed by atoms with Gasteiger partial charge in [-0.1, -0.05) is 18.2 Å². The van der Waals surface area contributed by atoms with Gasteiger partial charge in [-0.25, -0.2) is 4.98 Å². The maximum absolute atomic E-state index is 12.6. The molecule has 0 aromatic carbocycles. The summed E-state index contributed by atoms with van der Waals surface area (Å²) in [6, 6.07) is 1.86. The number of allylic oxidation sites excluding steroid dienone is 6. The van der Waals surface area contributed by atoms with Crippen LogP contribution >= 0.6 is 0 Å². The van der Waals surface area contributed by atoms with E-state index in [1.165, 1.54) is 6.08 Å². The van der Waals surface area contributed by atoms with E-state index in [0.29, 0.717) is 31.1 Å². The Bertz CT molecular complexity index is 1000. The Labute approximate surface area is 182 Å². The molecule has 162 valence electrons. The largest absolute Gasteiger partial charge is 0.460 e. The Morgan fingerprint density at radius 3 is 2.94 bits per heavy atom. The van der Waals surface area contributed by atoms with Gasteiger partial charge < -0.3 is 20.3 Å². The number of hydrogen-bond donors (Lipinski definition) is 2. The van der Waals surface area contributed by atoms with Crippen LogP contribution in [0.5, 0.6) is 0 Å². The van der Waals surface area contributed by atoms with E-state index < -0.39 is 0 Å². The fraction of sp³-hybridized carbons (Fsp3) is 0.292. The first-order valence-electron chi connectivity index (χ1n) is 10.3. The second-order valence-electron chi connectivity index (χ2n) is 7.36. The molecule has 2 heterocycles. The van der Waals surface area contributed by atoms with Gasteiger partial charge in [-0.05, 0) is 55.7 Å². The molecule has 1 aliphatic carbocycles. The van der Waals surface area contributed by atoms with E-state index in [4.69, 9.17) is 4.74 Å². The lowest BCUT2D eigenvalue weighted by atomic mass is 10.2. The smallest absolute Gasteiger partial charge is 0.246 e. The summed E-state index contributed by atoms with van der Waals surface area (Å²) in [4.78, 5) is 30.1. The molecule has 7 nitrogen and oxygen atoms in total. The van der Waals surface area contributed by atoms with Gasteiger partial charge in [0.1, 0.15) is 11.5 Å². The van der Waals surface area contributed by atoms with Gasteiger partial charge in [-0.2, -0.15) is 0 Å². The van der Waals surface area contributed by atoms with Crippen molar-refractivity contribution >= 4 is 29.4 Å². The zero-order chi connectivity index (χ0) is 22.2. The minimum Gasteiger partial charge on any atom is -0.460 e. The van der Waals surface area contributed by atoms with E-state index in [1.54, 1.807) is 24.2 Å². The number of fused-ring (bicyclic) bond motifs is 1. The number of carbonyl (C=O) groups is 2. The molecule has 7 heteroatoms. The number of aromatic nitrogens is 1. The third kappa shape index (κ3) is 6.18. The van der Waals surface area contributed by atoms with Crippen molar-refractivity contribution in [3.63, 3.8) is 0 Å². The van der Waals surface area contributed by atoms with Gasteiger partial charge >= 0.3 is 0 Å². The highest BCUT2D eigenvalue weighted by Crippen LogP contribution is 2.23. The van der Waals surface area contributed by atoms with Crippen molar-refractivity contribution in [3.8, 4) is 0 Å². The first kappa shape index (κ1) is 22.1. The van der Waals surface area contributed by atoms with Crippen LogP contribution in [0.3, 0.4) is 0 Å². The molecule has 0 fully saturated rings. The Morgan fingerprint density at radius 2 is 2.13 bits per heavy atom. The number of ether oxygens (including phenoxy) is 1. The summed E-state index contributed by atoms with van der Waals surface area (Å²) in [5.41, 5.74) is 2.55. The Kier molecular flexibility index (Phi) is 7.43. The summed E-state index contributed by atoms with van der Waals surface area (Å²) >= 11 is 0. The summed E-state index contributed by atoms with van der Waals surface area (Å²) in [5, 5.41) is 5.93. The van der Waals surface area contributed by atoms with Gasteiger partial charge in [0.15, 0.2) is 5.82 Å². The number of carbonyl (C=O) groups excluding carboxylic acids is 2. The third-order valence-corrected chi connectivity index (χ3v) is 4.88. The normalized spacial score (nSPS) is 16.4. The number of nitrogens with one attached hydrogen (secondary N) is 2. The molecule has 0 saturated heterocycles. The molecule has 2 N–H and O–H groups in total. The molecule has 0 saturated carbocycles. The molecule has 3 rings (SSSR count). The van der Waals surface area contributed by atoms with Crippen molar-refractivity contribution in [1.82, 2.24) is 9.88 Å². The average Bonchev–Trinajstić information content (AvgIpc) is 3.07. The predicted octanol–water partition coefficient (Wildman–Crippen LogP) is 4.02. The van der Waals surface area contributed by atoms with Gasteiger partial charge in [0.05, 0.1) is 12.2 Å². The monoisotopic (exact) mass is 420 g/mol. The second kappa shape index (κ2) is 10.4. The van der Waals surface area contributed by atoms with Crippen LogP contribution in [0.15, 0.2) is 65.8 Å². The highest BCUT2D eigenvalue weighted by molar-refractivity contribution is 5.95. The van der Waals surface area contributed by atoms with Gasteiger partial charge in [0.25, 0.3) is 0 Å². The summed E-state index contributed by atoms with van der Waals surface area (Å²) in [6.45, 7) is 4.79. The fourth-order valence-electron chi connectivity index (χ4n) is 3.07. The van der Waals surface area contributed by atoms with Crippen LogP contribution in [0, 0.1) is 0 Å². The number of nitrogens with zero attached hydrogens (tertiary/aromatic N) is 2. The standard InChI is InChI=1S/C24H28N4O3/c1-4-19(31-21-9-7-5-6-8-17(21)2)16-28(3)23(30)11-10-18-14-20-24(26-15-18)27-22(29)12-13-25-20/h4,6-11,14-15,25H,5,12-13,16H2,1-3H3,(H,26,27,29)/b11-10+,19-4+. The molecule has 0 atom stereocenters. The molecule has 1 aromatic rings. The van der Waals surface area contributed by atoms with E-state index in [-0.39, 0.29) is 11.8 Å². The van der Waals surface area contributed by atoms with Crippen LogP contribution in [0.4, 0.5) is 11.5 Å². The minimum atomic E-state index is -0.152. The topological polar surface area (TPSA) is 83.6 Å². The van der Waals surface area contributed by atoms with Crippen LogP contribution in [0.2, 0.25) is 0 Å². The van der Waals surface area contributed by atoms with Gasteiger partial charge in [-0.15, -0.1) is 0 Å². The summed E-state index contributed by atoms with van der Waals surface area (Å²) in [7, 11) is 1.73. The van der Waals surface area contributed by atoms with Crippen LogP contribution in [-0.2, 0) is 14.3 Å². The average molecular weight is 421 g/mol. The summed E-state index contributed by atoms with van der Waals surface area (Å²) in [5.74, 6) is 1.77. The zero-order valence-electron chi connectivity index (χ0n) is 18.1. The molecular formula is C24H28N4O3. The molecule has 0 radical (unpaired) electrons. The van der Waals surface area contributed by atoms with Crippen LogP contribution in [0.25, 0.3) is 6.08 Å². The highest BCUT2D eigenvalue weighted by atomic mass is 16.5. The molecule has 2 amide bonds. The highest BCUT2D eigenvalue weighted by Gasteiger charge is 2.14. The number of anilines is 2. The number of rotatable bonds is 6. The lowest BCUT2D eigenvalue weighted by Gasteiger charge is -2.19. The molecule has 1 aliphatic heterocycles.